The number of nitrogens with one attached hydrogen (secondary N) is 1. The van der Waals surface area contributed by atoms with Crippen molar-refractivity contribution in [2.24, 2.45) is 5.92 Å². The quantitative estimate of drug-likeness (QED) is 0.629. The van der Waals surface area contributed by atoms with E-state index in [0.717, 1.165) is 0 Å². The molecule has 1 aliphatic carbocycles. The van der Waals surface area contributed by atoms with Crippen LogP contribution in [0.5, 0.6) is 0 Å². The van der Waals surface area contributed by atoms with Gasteiger partial charge in [-0.2, -0.15) is 0 Å². The molecule has 0 unspecified atom stereocenters. The van der Waals surface area contributed by atoms with Gasteiger partial charge in [-0.05, 0) is 19.8 Å². The van der Waals surface area contributed by atoms with Crippen LogP contribution in [0.2, 0.25) is 0 Å². The molecule has 1 aliphatic heterocycles. The summed E-state index contributed by atoms with van der Waals surface area (Å²) in [6, 6.07) is -0.706. The summed E-state index contributed by atoms with van der Waals surface area (Å²) in [6.45, 7) is 2.09. The number of carbonyl (C=O) groups excluding carboxylic acids is 2. The number of aliphatic hydroxyl groups excluding tert-OH is 1. The third-order valence-corrected chi connectivity index (χ3v) is 3.40. The van der Waals surface area contributed by atoms with Gasteiger partial charge in [-0.25, -0.2) is 0 Å². The van der Waals surface area contributed by atoms with Crippen molar-refractivity contribution in [2.45, 2.75) is 44.4 Å². The maximum Gasteiger partial charge on any atom is 0.323 e. The number of hydrogen-bond acceptors (Lipinski definition) is 5. The van der Waals surface area contributed by atoms with Gasteiger partial charge in [0.2, 0.25) is 0 Å². The number of Topliss-reactive ketones (excluding diaryl/α,β-unsaturated/α-hetero) is 1. The molecule has 1 saturated heterocycles. The Morgan fingerprint density at radius 3 is 3.00 bits per heavy atom. The lowest BCUT2D eigenvalue weighted by molar-refractivity contribution is -0.145. The van der Waals surface area contributed by atoms with Crippen LogP contribution in [0, 0.1) is 5.92 Å². The molecule has 0 amide bonds. The third kappa shape index (κ3) is 1.97. The number of rotatable bonds is 2. The fourth-order valence-corrected chi connectivity index (χ4v) is 2.59. The highest BCUT2D eigenvalue weighted by molar-refractivity contribution is 5.85. The summed E-state index contributed by atoms with van der Waals surface area (Å²) in [5.74, 6) is -0.398. The Balaban J connectivity index is 2.03. The van der Waals surface area contributed by atoms with Gasteiger partial charge in [-0.1, -0.05) is 0 Å². The fraction of sp³-hybridized carbons (Fsp3) is 0.818. The van der Waals surface area contributed by atoms with Crippen LogP contribution in [-0.4, -0.2) is 41.7 Å². The first kappa shape index (κ1) is 11.5. The van der Waals surface area contributed by atoms with Gasteiger partial charge in [-0.15, -0.1) is 0 Å². The normalized spacial score (nSPS) is 38.2. The molecule has 0 bridgehead atoms. The molecule has 2 aliphatic rings. The van der Waals surface area contributed by atoms with E-state index in [2.05, 4.69) is 5.32 Å². The minimum Gasteiger partial charge on any atom is -0.465 e. The van der Waals surface area contributed by atoms with Gasteiger partial charge in [0.1, 0.15) is 11.8 Å². The lowest BCUT2D eigenvalue weighted by atomic mass is 9.82. The molecule has 0 aromatic heterocycles. The van der Waals surface area contributed by atoms with Crippen molar-refractivity contribution in [2.75, 3.05) is 6.61 Å². The molecule has 1 saturated carbocycles. The fourth-order valence-electron chi connectivity index (χ4n) is 2.59. The molecule has 0 spiro atoms. The molecule has 2 rings (SSSR count). The van der Waals surface area contributed by atoms with E-state index >= 15 is 0 Å². The van der Waals surface area contributed by atoms with E-state index in [4.69, 9.17) is 4.74 Å². The number of esters is 1. The zero-order valence-corrected chi connectivity index (χ0v) is 9.31. The Morgan fingerprint density at radius 1 is 1.62 bits per heavy atom. The van der Waals surface area contributed by atoms with Gasteiger partial charge < -0.3 is 9.84 Å². The SMILES string of the molecule is CCOC(=O)[C@@H]1C[C@H]2C(=O)CC[C@H](O)[C@H]2N1. The molecule has 2 N–H and O–H groups in total. The van der Waals surface area contributed by atoms with E-state index in [0.29, 0.717) is 25.9 Å². The standard InChI is InChI=1S/C11H17NO4/c1-2-16-11(15)7-5-6-8(13)3-4-9(14)10(6)12-7/h6-7,9-10,12,14H,2-5H2,1H3/t6-,7-,9-,10-/m0/s1. The minimum atomic E-state index is -0.526. The molecule has 0 aromatic carbocycles. The molecule has 5 nitrogen and oxygen atoms in total. The Kier molecular flexibility index (Phi) is 3.25. The smallest absolute Gasteiger partial charge is 0.323 e. The van der Waals surface area contributed by atoms with Gasteiger partial charge in [0, 0.05) is 18.4 Å². The lowest BCUT2D eigenvalue weighted by Crippen LogP contribution is -2.47. The lowest BCUT2D eigenvalue weighted by Gasteiger charge is -2.28. The Morgan fingerprint density at radius 2 is 2.38 bits per heavy atom. The molecule has 4 atom stereocenters. The maximum atomic E-state index is 11.6. The van der Waals surface area contributed by atoms with Crippen LogP contribution in [0.4, 0.5) is 0 Å². The van der Waals surface area contributed by atoms with Crippen molar-refractivity contribution in [1.29, 1.82) is 0 Å². The highest BCUT2D eigenvalue weighted by Gasteiger charge is 2.46. The Bertz CT molecular complexity index is 304. The summed E-state index contributed by atoms with van der Waals surface area (Å²) < 4.78 is 4.91. The second kappa shape index (κ2) is 4.51. The molecule has 1 heterocycles. The van der Waals surface area contributed by atoms with Gasteiger partial charge in [0.15, 0.2) is 0 Å². The zero-order valence-electron chi connectivity index (χ0n) is 9.31. The highest BCUT2D eigenvalue weighted by Crippen LogP contribution is 2.31. The minimum absolute atomic E-state index is 0.148. The molecule has 2 fully saturated rings. The third-order valence-electron chi connectivity index (χ3n) is 3.40. The van der Waals surface area contributed by atoms with Crippen LogP contribution < -0.4 is 5.32 Å². The van der Waals surface area contributed by atoms with E-state index in [9.17, 15) is 14.7 Å². The number of carbonyl (C=O) groups is 2. The van der Waals surface area contributed by atoms with Crippen LogP contribution in [0.1, 0.15) is 26.2 Å². The number of ketones is 1. The van der Waals surface area contributed by atoms with Crippen molar-refractivity contribution in [3.63, 3.8) is 0 Å². The van der Waals surface area contributed by atoms with E-state index in [1.165, 1.54) is 0 Å². The molecule has 5 heteroatoms. The van der Waals surface area contributed by atoms with Crippen LogP contribution in [0.15, 0.2) is 0 Å². The summed E-state index contributed by atoms with van der Waals surface area (Å²) in [4.78, 5) is 23.2. The maximum absolute atomic E-state index is 11.6. The van der Waals surface area contributed by atoms with Gasteiger partial charge in [0.05, 0.1) is 12.7 Å². The van der Waals surface area contributed by atoms with Gasteiger partial charge >= 0.3 is 5.97 Å². The molecular formula is C11H17NO4. The number of hydrogen-bond donors (Lipinski definition) is 2. The average molecular weight is 227 g/mol. The second-order valence-corrected chi connectivity index (χ2v) is 4.41. The second-order valence-electron chi connectivity index (χ2n) is 4.41. The summed E-state index contributed by atoms with van der Waals surface area (Å²) >= 11 is 0. The topological polar surface area (TPSA) is 75.6 Å². The highest BCUT2D eigenvalue weighted by atomic mass is 16.5. The summed E-state index contributed by atoms with van der Waals surface area (Å²) in [7, 11) is 0. The largest absolute Gasteiger partial charge is 0.465 e. The van der Waals surface area contributed by atoms with E-state index < -0.39 is 12.1 Å². The van der Waals surface area contributed by atoms with Crippen molar-refractivity contribution >= 4 is 11.8 Å². The zero-order chi connectivity index (χ0) is 11.7. The predicted octanol–water partition coefficient (Wildman–Crippen LogP) is -0.380. The molecule has 0 radical (unpaired) electrons. The first-order valence-electron chi connectivity index (χ1n) is 5.77. The van der Waals surface area contributed by atoms with Crippen molar-refractivity contribution in [1.82, 2.24) is 5.32 Å². The van der Waals surface area contributed by atoms with Crippen LogP contribution in [-0.2, 0) is 14.3 Å². The Labute approximate surface area is 94.2 Å². The summed E-state index contributed by atoms with van der Waals surface area (Å²) in [5.41, 5.74) is 0. The van der Waals surface area contributed by atoms with Crippen LogP contribution >= 0.6 is 0 Å². The van der Waals surface area contributed by atoms with Crippen molar-refractivity contribution < 1.29 is 19.4 Å². The van der Waals surface area contributed by atoms with E-state index in [1.54, 1.807) is 6.92 Å². The van der Waals surface area contributed by atoms with Crippen LogP contribution in [0.3, 0.4) is 0 Å². The Hall–Kier alpha value is -0.940. The first-order valence-corrected chi connectivity index (χ1v) is 5.77. The average Bonchev–Trinajstić information content (AvgIpc) is 2.70. The number of ether oxygens (including phenoxy) is 1. The van der Waals surface area contributed by atoms with Crippen LogP contribution in [0.25, 0.3) is 0 Å². The molecular weight excluding hydrogens is 210 g/mol. The molecule has 0 aromatic rings. The monoisotopic (exact) mass is 227 g/mol. The van der Waals surface area contributed by atoms with Crippen molar-refractivity contribution in [3.8, 4) is 0 Å². The van der Waals surface area contributed by atoms with Gasteiger partial charge in [0.25, 0.3) is 0 Å². The predicted molar refractivity (Wildman–Crippen MR) is 55.7 cm³/mol. The first-order chi connectivity index (χ1) is 7.63. The van der Waals surface area contributed by atoms with E-state index in [1.807, 2.05) is 0 Å². The summed E-state index contributed by atoms with van der Waals surface area (Å²) in [6.07, 6.45) is 0.837. The van der Waals surface area contributed by atoms with Gasteiger partial charge in [-0.3, -0.25) is 14.9 Å². The van der Waals surface area contributed by atoms with E-state index in [-0.39, 0.29) is 23.7 Å². The number of fused-ring (bicyclic) bond motifs is 1. The van der Waals surface area contributed by atoms with Crippen molar-refractivity contribution in [3.05, 3.63) is 0 Å². The molecule has 16 heavy (non-hydrogen) atoms. The summed E-state index contributed by atoms with van der Waals surface area (Å²) in [5, 5.41) is 12.8. The number of aliphatic hydroxyl groups is 1. The molecule has 90 valence electrons.